The van der Waals surface area contributed by atoms with Crippen LogP contribution in [0, 0.1) is 6.92 Å². The topological polar surface area (TPSA) is 54.0 Å². The lowest BCUT2D eigenvalue weighted by Gasteiger charge is -2.20. The summed E-state index contributed by atoms with van der Waals surface area (Å²) in [6, 6.07) is 6.17. The van der Waals surface area contributed by atoms with Gasteiger partial charge in [0.1, 0.15) is 0 Å². The molecule has 0 saturated carbocycles. The number of thiazole rings is 1. The summed E-state index contributed by atoms with van der Waals surface area (Å²) in [7, 11) is 0. The predicted octanol–water partition coefficient (Wildman–Crippen LogP) is 2.93. The molecule has 0 aliphatic rings. The van der Waals surface area contributed by atoms with Gasteiger partial charge in [0.05, 0.1) is 16.8 Å². The molecule has 0 saturated heterocycles. The van der Waals surface area contributed by atoms with Gasteiger partial charge in [-0.05, 0) is 45.4 Å². The molecule has 102 valence electrons. The van der Waals surface area contributed by atoms with Gasteiger partial charge in [-0.25, -0.2) is 4.98 Å². The van der Waals surface area contributed by atoms with Gasteiger partial charge in [-0.2, -0.15) is 0 Å². The van der Waals surface area contributed by atoms with Gasteiger partial charge in [0.15, 0.2) is 5.13 Å². The quantitative estimate of drug-likeness (QED) is 0.907. The lowest BCUT2D eigenvalue weighted by Crippen LogP contribution is -2.43. The van der Waals surface area contributed by atoms with Gasteiger partial charge >= 0.3 is 0 Å². The van der Waals surface area contributed by atoms with Crippen LogP contribution >= 0.6 is 11.3 Å². The van der Waals surface area contributed by atoms with Crippen LogP contribution in [0.5, 0.6) is 0 Å². The van der Waals surface area contributed by atoms with Crippen molar-refractivity contribution in [2.75, 3.05) is 11.9 Å². The molecule has 2 aromatic rings. The van der Waals surface area contributed by atoms with E-state index in [1.807, 2.05) is 33.8 Å². The minimum atomic E-state index is -0.205. The summed E-state index contributed by atoms with van der Waals surface area (Å²) >= 11 is 1.56. The number of fused-ring (bicyclic) bond motifs is 1. The second kappa shape index (κ2) is 5.17. The van der Waals surface area contributed by atoms with Gasteiger partial charge < -0.3 is 10.6 Å². The van der Waals surface area contributed by atoms with Crippen molar-refractivity contribution in [2.24, 2.45) is 0 Å². The lowest BCUT2D eigenvalue weighted by atomic mass is 10.1. The average Bonchev–Trinajstić information content (AvgIpc) is 2.66. The zero-order valence-corrected chi connectivity index (χ0v) is 12.5. The van der Waals surface area contributed by atoms with E-state index in [2.05, 4.69) is 27.8 Å². The van der Waals surface area contributed by atoms with Crippen LogP contribution in [0.25, 0.3) is 10.2 Å². The van der Waals surface area contributed by atoms with Crippen molar-refractivity contribution >= 4 is 32.6 Å². The molecule has 0 aliphatic heterocycles. The third-order valence-corrected chi connectivity index (χ3v) is 3.45. The number of anilines is 1. The molecule has 0 unspecified atom stereocenters. The number of aryl methyl sites for hydroxylation is 1. The highest BCUT2D eigenvalue weighted by Crippen LogP contribution is 2.26. The van der Waals surface area contributed by atoms with Crippen LogP contribution in [0.4, 0.5) is 5.13 Å². The van der Waals surface area contributed by atoms with Crippen LogP contribution in [-0.2, 0) is 4.79 Å². The van der Waals surface area contributed by atoms with E-state index in [0.717, 1.165) is 15.3 Å². The number of nitrogens with one attached hydrogen (secondary N) is 2. The Hall–Kier alpha value is -1.62. The van der Waals surface area contributed by atoms with Crippen LogP contribution in [0.1, 0.15) is 26.3 Å². The Kier molecular flexibility index (Phi) is 3.75. The molecule has 0 atom stereocenters. The Bertz CT molecular complexity index is 598. The first kappa shape index (κ1) is 13.8. The molecular weight excluding hydrogens is 258 g/mol. The van der Waals surface area contributed by atoms with Crippen molar-refractivity contribution in [2.45, 2.75) is 33.2 Å². The first-order valence-corrected chi connectivity index (χ1v) is 7.07. The van der Waals surface area contributed by atoms with Crippen molar-refractivity contribution in [3.05, 3.63) is 23.8 Å². The molecule has 2 rings (SSSR count). The number of rotatable bonds is 3. The van der Waals surface area contributed by atoms with E-state index < -0.39 is 0 Å². The van der Waals surface area contributed by atoms with Gasteiger partial charge in [-0.3, -0.25) is 4.79 Å². The molecule has 5 heteroatoms. The molecule has 1 heterocycles. The highest BCUT2D eigenvalue weighted by atomic mass is 32.1. The standard InChI is InChI=1S/C14H19N3OS/c1-9-5-6-11-10(7-9)16-13(19-11)15-8-12(18)17-14(2,3)4/h5-7H,8H2,1-4H3,(H,15,16)(H,17,18). The summed E-state index contributed by atoms with van der Waals surface area (Å²) in [4.78, 5) is 16.2. The Morgan fingerprint density at radius 2 is 2.11 bits per heavy atom. The third kappa shape index (κ3) is 3.92. The maximum Gasteiger partial charge on any atom is 0.239 e. The fourth-order valence-corrected chi connectivity index (χ4v) is 2.57. The molecule has 19 heavy (non-hydrogen) atoms. The van der Waals surface area contributed by atoms with E-state index in [-0.39, 0.29) is 18.0 Å². The SMILES string of the molecule is Cc1ccc2sc(NCC(=O)NC(C)(C)C)nc2c1. The fraction of sp³-hybridized carbons (Fsp3) is 0.429. The molecule has 0 spiro atoms. The van der Waals surface area contributed by atoms with E-state index in [1.54, 1.807) is 11.3 Å². The van der Waals surface area contributed by atoms with Gasteiger partial charge in [0.2, 0.25) is 5.91 Å². The fourth-order valence-electron chi connectivity index (χ4n) is 1.73. The zero-order valence-electron chi connectivity index (χ0n) is 11.7. The highest BCUT2D eigenvalue weighted by molar-refractivity contribution is 7.22. The molecule has 1 aromatic carbocycles. The highest BCUT2D eigenvalue weighted by Gasteiger charge is 2.13. The molecule has 1 aromatic heterocycles. The van der Waals surface area contributed by atoms with Crippen molar-refractivity contribution in [1.82, 2.24) is 10.3 Å². The Labute approximate surface area is 117 Å². The molecule has 4 nitrogen and oxygen atoms in total. The lowest BCUT2D eigenvalue weighted by molar-refractivity contribution is -0.120. The first-order valence-electron chi connectivity index (χ1n) is 6.25. The van der Waals surface area contributed by atoms with Crippen molar-refractivity contribution < 1.29 is 4.79 Å². The molecular formula is C14H19N3OS. The minimum Gasteiger partial charge on any atom is -0.352 e. The number of aromatic nitrogens is 1. The summed E-state index contributed by atoms with van der Waals surface area (Å²) in [5.41, 5.74) is 1.96. The summed E-state index contributed by atoms with van der Waals surface area (Å²) in [5.74, 6) is -0.0251. The van der Waals surface area contributed by atoms with E-state index in [1.165, 1.54) is 5.56 Å². The van der Waals surface area contributed by atoms with Gasteiger partial charge in [0, 0.05) is 5.54 Å². The Morgan fingerprint density at radius 1 is 1.37 bits per heavy atom. The normalized spacial score (nSPS) is 11.6. The maximum atomic E-state index is 11.7. The summed E-state index contributed by atoms with van der Waals surface area (Å²) < 4.78 is 1.13. The predicted molar refractivity (Wildman–Crippen MR) is 80.7 cm³/mol. The smallest absolute Gasteiger partial charge is 0.239 e. The number of carbonyl (C=O) groups is 1. The van der Waals surface area contributed by atoms with Crippen molar-refractivity contribution in [3.8, 4) is 0 Å². The zero-order chi connectivity index (χ0) is 14.0. The van der Waals surface area contributed by atoms with Crippen LogP contribution in [0.15, 0.2) is 18.2 Å². The summed E-state index contributed by atoms with van der Waals surface area (Å²) in [6.45, 7) is 8.18. The van der Waals surface area contributed by atoms with E-state index in [9.17, 15) is 4.79 Å². The monoisotopic (exact) mass is 277 g/mol. The van der Waals surface area contributed by atoms with Crippen LogP contribution < -0.4 is 10.6 Å². The number of hydrogen-bond donors (Lipinski definition) is 2. The maximum absolute atomic E-state index is 11.7. The largest absolute Gasteiger partial charge is 0.352 e. The van der Waals surface area contributed by atoms with Gasteiger partial charge in [-0.1, -0.05) is 17.4 Å². The summed E-state index contributed by atoms with van der Waals surface area (Å²) in [5, 5.41) is 6.76. The van der Waals surface area contributed by atoms with E-state index >= 15 is 0 Å². The number of benzene rings is 1. The third-order valence-electron chi connectivity index (χ3n) is 2.46. The summed E-state index contributed by atoms with van der Waals surface area (Å²) in [6.07, 6.45) is 0. The molecule has 0 radical (unpaired) electrons. The van der Waals surface area contributed by atoms with Crippen molar-refractivity contribution in [1.29, 1.82) is 0 Å². The molecule has 0 bridgehead atoms. The molecule has 0 fully saturated rings. The van der Waals surface area contributed by atoms with Gasteiger partial charge in [0.25, 0.3) is 0 Å². The number of hydrogen-bond acceptors (Lipinski definition) is 4. The molecule has 2 N–H and O–H groups in total. The van der Waals surface area contributed by atoms with Crippen LogP contribution in [0.3, 0.4) is 0 Å². The van der Waals surface area contributed by atoms with Crippen molar-refractivity contribution in [3.63, 3.8) is 0 Å². The molecule has 1 amide bonds. The number of nitrogens with zero attached hydrogens (tertiary/aromatic N) is 1. The van der Waals surface area contributed by atoms with Crippen LogP contribution in [-0.4, -0.2) is 23.0 Å². The van der Waals surface area contributed by atoms with E-state index in [4.69, 9.17) is 0 Å². The first-order chi connectivity index (χ1) is 8.83. The second-order valence-electron chi connectivity index (χ2n) is 5.64. The Balaban J connectivity index is 2.00. The Morgan fingerprint density at radius 3 is 2.79 bits per heavy atom. The van der Waals surface area contributed by atoms with E-state index in [0.29, 0.717) is 0 Å². The molecule has 0 aliphatic carbocycles. The number of amides is 1. The number of carbonyl (C=O) groups excluding carboxylic acids is 1. The van der Waals surface area contributed by atoms with Gasteiger partial charge in [-0.15, -0.1) is 0 Å². The average molecular weight is 277 g/mol. The van der Waals surface area contributed by atoms with Crippen LogP contribution in [0.2, 0.25) is 0 Å². The second-order valence-corrected chi connectivity index (χ2v) is 6.67. The minimum absolute atomic E-state index is 0.0251.